The Morgan fingerprint density at radius 3 is 2.20 bits per heavy atom. The summed E-state index contributed by atoms with van der Waals surface area (Å²) in [6, 6.07) is 18.7. The molecule has 1 aromatic heterocycles. The van der Waals surface area contributed by atoms with Gasteiger partial charge >= 0.3 is 5.97 Å². The molecular weight excluding hydrogens is 568 g/mol. The zero-order valence-corrected chi connectivity index (χ0v) is 30.6. The molecule has 0 aliphatic heterocycles. The van der Waals surface area contributed by atoms with E-state index in [0.29, 0.717) is 17.7 Å². The molecule has 0 amide bonds. The largest absolute Gasteiger partial charge is 0.489 e. The monoisotopic (exact) mass is 633 g/mol. The van der Waals surface area contributed by atoms with Gasteiger partial charge in [0, 0.05) is 30.1 Å². The number of aromatic nitrogens is 1. The Labute approximate surface area is 282 Å². The first-order valence-corrected chi connectivity index (χ1v) is 17.4. The molecule has 0 radical (unpaired) electrons. The molecule has 1 unspecified atom stereocenters. The van der Waals surface area contributed by atoms with Crippen molar-refractivity contribution in [1.29, 1.82) is 0 Å². The molecule has 0 aliphatic carbocycles. The van der Waals surface area contributed by atoms with Gasteiger partial charge in [0.2, 0.25) is 0 Å². The molecule has 2 aromatic carbocycles. The van der Waals surface area contributed by atoms with Gasteiger partial charge in [0.1, 0.15) is 12.4 Å². The molecule has 0 N–H and O–H groups in total. The maximum Gasteiger partial charge on any atom is 0.364 e. The Hall–Kier alpha value is -3.57. The van der Waals surface area contributed by atoms with Crippen LogP contribution in [0.2, 0.25) is 0 Å². The number of allylic oxidation sites excluding steroid dienone is 5. The van der Waals surface area contributed by atoms with Crippen molar-refractivity contribution < 1.29 is 18.8 Å². The maximum absolute atomic E-state index is 12.4. The van der Waals surface area contributed by atoms with Gasteiger partial charge in [-0.1, -0.05) is 121 Å². The summed E-state index contributed by atoms with van der Waals surface area (Å²) in [7, 11) is 6.19. The lowest BCUT2D eigenvalue weighted by Gasteiger charge is -2.32. The Morgan fingerprint density at radius 2 is 1.57 bits per heavy atom. The van der Waals surface area contributed by atoms with E-state index in [4.69, 9.17) is 9.47 Å². The highest BCUT2D eigenvalue weighted by Crippen LogP contribution is 2.23. The van der Waals surface area contributed by atoms with Crippen molar-refractivity contribution in [3.63, 3.8) is 0 Å². The Morgan fingerprint density at radius 1 is 0.891 bits per heavy atom. The van der Waals surface area contributed by atoms with Gasteiger partial charge in [0.15, 0.2) is 6.04 Å². The molecule has 5 heteroatoms. The van der Waals surface area contributed by atoms with E-state index in [1.807, 2.05) is 77.1 Å². The lowest BCUT2D eigenvalue weighted by molar-refractivity contribution is -0.887. The molecule has 0 bridgehead atoms. The fourth-order valence-corrected chi connectivity index (χ4v) is 4.74. The zero-order chi connectivity index (χ0) is 34.6. The predicted molar refractivity (Wildman–Crippen MR) is 200 cm³/mol. The van der Waals surface area contributed by atoms with Crippen LogP contribution in [0.4, 0.5) is 0 Å². The summed E-state index contributed by atoms with van der Waals surface area (Å²) in [6.07, 6.45) is 19.1. The van der Waals surface area contributed by atoms with Crippen molar-refractivity contribution in [3.8, 4) is 5.75 Å². The van der Waals surface area contributed by atoms with Gasteiger partial charge in [-0.15, -0.1) is 0 Å². The van der Waals surface area contributed by atoms with Crippen LogP contribution in [0.1, 0.15) is 92.1 Å². The lowest BCUT2D eigenvalue weighted by atomic mass is 10.1. The average molecular weight is 634 g/mol. The van der Waals surface area contributed by atoms with Crippen LogP contribution in [0, 0.1) is 0 Å². The quantitative estimate of drug-likeness (QED) is 0.0643. The van der Waals surface area contributed by atoms with Crippen LogP contribution in [0.3, 0.4) is 0 Å². The van der Waals surface area contributed by atoms with Gasteiger partial charge in [0.25, 0.3) is 0 Å². The summed E-state index contributed by atoms with van der Waals surface area (Å²) >= 11 is 0. The number of rotatable bonds is 17. The number of hydrogen-bond acceptors (Lipinski definition) is 3. The molecule has 0 saturated heterocycles. The minimum Gasteiger partial charge on any atom is -0.489 e. The van der Waals surface area contributed by atoms with Gasteiger partial charge in [-0.2, -0.15) is 0 Å². The zero-order valence-electron chi connectivity index (χ0n) is 30.6. The number of hydrogen-bond donors (Lipinski definition) is 0. The first-order valence-electron chi connectivity index (χ1n) is 17.4. The number of aryl methyl sites for hydroxylation is 1. The molecular formula is C41H65N2O3+. The van der Waals surface area contributed by atoms with Crippen LogP contribution < -0.4 is 4.74 Å². The van der Waals surface area contributed by atoms with Crippen molar-refractivity contribution >= 4 is 16.9 Å². The SMILES string of the molecule is C=C/C=C\C=C/C.CC.CC.CCCC(C(=O)OCCCCCCCn1ccc2cc(OCc3ccccc3)ccc21)[N+](C)(C)C. The van der Waals surface area contributed by atoms with Crippen molar-refractivity contribution in [2.24, 2.45) is 0 Å². The summed E-state index contributed by atoms with van der Waals surface area (Å²) < 4.78 is 14.5. The number of ether oxygens (including phenoxy) is 2. The van der Waals surface area contributed by atoms with Crippen molar-refractivity contribution in [2.75, 3.05) is 27.7 Å². The highest BCUT2D eigenvalue weighted by atomic mass is 16.5. The second-order valence-corrected chi connectivity index (χ2v) is 11.5. The molecule has 256 valence electrons. The molecule has 0 fully saturated rings. The summed E-state index contributed by atoms with van der Waals surface area (Å²) in [5.74, 6) is 0.856. The number of likely N-dealkylation sites (N-methyl/N-ethyl adjacent to an activating group) is 1. The van der Waals surface area contributed by atoms with E-state index in [-0.39, 0.29) is 12.0 Å². The molecule has 3 rings (SSSR count). The third-order valence-corrected chi connectivity index (χ3v) is 7.10. The average Bonchev–Trinajstić information content (AvgIpc) is 3.48. The number of unbranched alkanes of at least 4 members (excludes halogenated alkanes) is 4. The second-order valence-electron chi connectivity index (χ2n) is 11.5. The van der Waals surface area contributed by atoms with E-state index in [0.717, 1.165) is 44.4 Å². The van der Waals surface area contributed by atoms with E-state index in [2.05, 4.69) is 81.8 Å². The summed E-state index contributed by atoms with van der Waals surface area (Å²) in [6.45, 7) is 17.7. The molecule has 0 saturated carbocycles. The van der Waals surface area contributed by atoms with Crippen LogP contribution in [0.25, 0.3) is 10.9 Å². The summed E-state index contributed by atoms with van der Waals surface area (Å²) in [5, 5.41) is 1.22. The highest BCUT2D eigenvalue weighted by Gasteiger charge is 2.31. The van der Waals surface area contributed by atoms with Crippen molar-refractivity contribution in [3.05, 3.63) is 103 Å². The smallest absolute Gasteiger partial charge is 0.364 e. The molecule has 1 heterocycles. The Balaban J connectivity index is 0.00000160. The first-order chi connectivity index (χ1) is 22.3. The number of benzene rings is 2. The van der Waals surface area contributed by atoms with Crippen molar-refractivity contribution in [2.45, 2.75) is 106 Å². The fraction of sp³-hybridized carbons (Fsp3) is 0.488. The standard InChI is InChI=1S/C30H43N2O3.C7H10.2C2H6/c1-5-14-29(32(2,3)4)30(33)34-22-13-8-6-7-12-20-31-21-19-26-23-27(17-18-28(26)31)35-24-25-15-10-9-11-16-25;1-3-5-7-6-4-2;2*1-2/h9-11,15-19,21,23,29H,5-8,12-14,20,22,24H2,1-4H3;3-7H,1H2,2H3;2*1-2H3/q+1;;;/b;6-4-,7-5-;;. The number of nitrogens with zero attached hydrogens (tertiary/aromatic N) is 2. The van der Waals surface area contributed by atoms with E-state index < -0.39 is 0 Å². The normalized spacial score (nSPS) is 11.5. The molecule has 0 spiro atoms. The van der Waals surface area contributed by atoms with E-state index in [1.165, 1.54) is 29.3 Å². The minimum atomic E-state index is -0.0668. The number of quaternary nitrogens is 1. The molecule has 3 aromatic rings. The Kier molecular flexibility index (Phi) is 24.6. The van der Waals surface area contributed by atoms with Crippen LogP contribution in [0.5, 0.6) is 5.75 Å². The van der Waals surface area contributed by atoms with Gasteiger partial charge in [-0.3, -0.25) is 0 Å². The Bertz CT molecular complexity index is 1240. The minimum absolute atomic E-state index is 0.0486. The van der Waals surface area contributed by atoms with Gasteiger partial charge in [0.05, 0.1) is 27.7 Å². The second kappa shape index (κ2) is 26.6. The van der Waals surface area contributed by atoms with Crippen molar-refractivity contribution in [1.82, 2.24) is 4.57 Å². The molecule has 0 aliphatic rings. The highest BCUT2D eigenvalue weighted by molar-refractivity contribution is 5.81. The molecule has 46 heavy (non-hydrogen) atoms. The number of carbonyl (C=O) groups excluding carboxylic acids is 1. The van der Waals surface area contributed by atoms with Gasteiger partial charge in [-0.05, 0) is 56.0 Å². The topological polar surface area (TPSA) is 40.5 Å². The van der Waals surface area contributed by atoms with Crippen LogP contribution in [-0.4, -0.2) is 48.8 Å². The summed E-state index contributed by atoms with van der Waals surface area (Å²) in [4.78, 5) is 12.4. The maximum atomic E-state index is 12.4. The molecule has 5 nitrogen and oxygen atoms in total. The van der Waals surface area contributed by atoms with Gasteiger partial charge < -0.3 is 18.5 Å². The fourth-order valence-electron chi connectivity index (χ4n) is 4.74. The number of carbonyl (C=O) groups is 1. The first kappa shape index (κ1) is 42.4. The summed E-state index contributed by atoms with van der Waals surface area (Å²) in [5.41, 5.74) is 2.43. The van der Waals surface area contributed by atoms with E-state index in [9.17, 15) is 4.79 Å². The van der Waals surface area contributed by atoms with E-state index in [1.54, 1.807) is 6.08 Å². The lowest BCUT2D eigenvalue weighted by Crippen LogP contribution is -2.50. The third kappa shape index (κ3) is 17.8. The van der Waals surface area contributed by atoms with Gasteiger partial charge in [-0.25, -0.2) is 4.79 Å². The van der Waals surface area contributed by atoms with Crippen LogP contribution in [0.15, 0.2) is 97.8 Å². The van der Waals surface area contributed by atoms with Crippen LogP contribution in [-0.2, 0) is 22.7 Å². The van der Waals surface area contributed by atoms with E-state index >= 15 is 0 Å². The molecule has 1 atom stereocenters. The predicted octanol–water partition coefficient (Wildman–Crippen LogP) is 10.9. The van der Waals surface area contributed by atoms with Crippen LogP contribution >= 0.6 is 0 Å². The third-order valence-electron chi connectivity index (χ3n) is 7.10. The number of esters is 1. The number of fused-ring (bicyclic) bond motifs is 1.